The van der Waals surface area contributed by atoms with Crippen LogP contribution in [0.3, 0.4) is 0 Å². The van der Waals surface area contributed by atoms with Gasteiger partial charge in [-0.15, -0.1) is 0 Å². The molecule has 1 saturated heterocycles. The van der Waals surface area contributed by atoms with E-state index in [0.717, 1.165) is 30.2 Å². The van der Waals surface area contributed by atoms with E-state index in [1.54, 1.807) is 0 Å². The number of hydrogen-bond acceptors (Lipinski definition) is 4. The Bertz CT molecular complexity index is 428. The van der Waals surface area contributed by atoms with E-state index in [1.807, 2.05) is 6.92 Å². The molecule has 0 amide bonds. The van der Waals surface area contributed by atoms with Crippen molar-refractivity contribution in [1.29, 1.82) is 0 Å². The van der Waals surface area contributed by atoms with Crippen molar-refractivity contribution in [2.45, 2.75) is 53.0 Å². The molecule has 2 rings (SSSR count). The molecule has 0 bridgehead atoms. The van der Waals surface area contributed by atoms with Crippen molar-refractivity contribution in [3.63, 3.8) is 0 Å². The van der Waals surface area contributed by atoms with Gasteiger partial charge in [-0.2, -0.15) is 0 Å². The zero-order chi connectivity index (χ0) is 13.3. The lowest BCUT2D eigenvalue weighted by Gasteiger charge is -2.30. The number of nitrogens with zero attached hydrogens (tertiary/aromatic N) is 3. The second-order valence-electron chi connectivity index (χ2n) is 5.47. The van der Waals surface area contributed by atoms with Crippen molar-refractivity contribution in [2.75, 3.05) is 17.2 Å². The SMILES string of the molecule is CCc1nc(N)c(C)c(N2CCCC2C(C)C)n1. The zero-order valence-corrected chi connectivity index (χ0v) is 11.9. The topological polar surface area (TPSA) is 55.0 Å². The van der Waals surface area contributed by atoms with Crippen LogP contribution in [0.15, 0.2) is 0 Å². The molecular formula is C14H24N4. The number of rotatable bonds is 3. The van der Waals surface area contributed by atoms with Crippen molar-refractivity contribution >= 4 is 11.6 Å². The van der Waals surface area contributed by atoms with E-state index in [1.165, 1.54) is 12.8 Å². The van der Waals surface area contributed by atoms with Gasteiger partial charge in [-0.25, -0.2) is 9.97 Å². The number of anilines is 2. The number of aromatic nitrogens is 2. The predicted octanol–water partition coefficient (Wildman–Crippen LogP) is 2.55. The Balaban J connectivity index is 2.40. The molecule has 1 aromatic heterocycles. The van der Waals surface area contributed by atoms with E-state index < -0.39 is 0 Å². The van der Waals surface area contributed by atoms with E-state index in [-0.39, 0.29) is 0 Å². The molecule has 18 heavy (non-hydrogen) atoms. The van der Waals surface area contributed by atoms with E-state index in [2.05, 4.69) is 30.7 Å². The average molecular weight is 248 g/mol. The normalized spacial score (nSPS) is 19.8. The third kappa shape index (κ3) is 2.28. The fraction of sp³-hybridized carbons (Fsp3) is 0.714. The smallest absolute Gasteiger partial charge is 0.137 e. The Morgan fingerprint density at radius 1 is 1.39 bits per heavy atom. The molecule has 4 heteroatoms. The van der Waals surface area contributed by atoms with Gasteiger partial charge in [0.1, 0.15) is 17.5 Å². The first-order valence-electron chi connectivity index (χ1n) is 6.94. The van der Waals surface area contributed by atoms with Gasteiger partial charge in [0.2, 0.25) is 0 Å². The van der Waals surface area contributed by atoms with Gasteiger partial charge in [0.15, 0.2) is 0 Å². The maximum atomic E-state index is 6.01. The van der Waals surface area contributed by atoms with E-state index >= 15 is 0 Å². The molecule has 1 aliphatic rings. The Labute approximate surface area is 110 Å². The van der Waals surface area contributed by atoms with Crippen LogP contribution in [0.1, 0.15) is 45.0 Å². The minimum atomic E-state index is 0.586. The molecule has 0 aliphatic carbocycles. The molecule has 4 nitrogen and oxygen atoms in total. The van der Waals surface area contributed by atoms with Crippen LogP contribution in [0, 0.1) is 12.8 Å². The maximum Gasteiger partial charge on any atom is 0.137 e. The van der Waals surface area contributed by atoms with Gasteiger partial charge in [0.25, 0.3) is 0 Å². The molecule has 100 valence electrons. The van der Waals surface area contributed by atoms with Crippen LogP contribution in [-0.2, 0) is 6.42 Å². The Hall–Kier alpha value is -1.32. The van der Waals surface area contributed by atoms with Crippen molar-refractivity contribution in [1.82, 2.24) is 9.97 Å². The van der Waals surface area contributed by atoms with Gasteiger partial charge < -0.3 is 10.6 Å². The molecule has 1 unspecified atom stereocenters. The van der Waals surface area contributed by atoms with Gasteiger partial charge in [-0.05, 0) is 25.7 Å². The minimum absolute atomic E-state index is 0.586. The number of hydrogen-bond donors (Lipinski definition) is 1. The first-order valence-corrected chi connectivity index (χ1v) is 6.94. The largest absolute Gasteiger partial charge is 0.383 e. The van der Waals surface area contributed by atoms with E-state index in [9.17, 15) is 0 Å². The minimum Gasteiger partial charge on any atom is -0.383 e. The monoisotopic (exact) mass is 248 g/mol. The lowest BCUT2D eigenvalue weighted by atomic mass is 10.0. The third-order valence-corrected chi connectivity index (χ3v) is 3.86. The summed E-state index contributed by atoms with van der Waals surface area (Å²) in [5, 5.41) is 0. The second-order valence-corrected chi connectivity index (χ2v) is 5.47. The number of nitrogens with two attached hydrogens (primary N) is 1. The quantitative estimate of drug-likeness (QED) is 0.893. The van der Waals surface area contributed by atoms with Crippen LogP contribution in [0.2, 0.25) is 0 Å². The van der Waals surface area contributed by atoms with Crippen molar-refractivity contribution in [3.05, 3.63) is 11.4 Å². The highest BCUT2D eigenvalue weighted by Crippen LogP contribution is 2.31. The summed E-state index contributed by atoms with van der Waals surface area (Å²) in [6.07, 6.45) is 3.33. The third-order valence-electron chi connectivity index (χ3n) is 3.86. The van der Waals surface area contributed by atoms with Crippen molar-refractivity contribution in [3.8, 4) is 0 Å². The molecule has 0 saturated carbocycles. The van der Waals surface area contributed by atoms with E-state index in [4.69, 9.17) is 10.7 Å². The molecule has 1 aromatic rings. The summed E-state index contributed by atoms with van der Waals surface area (Å²) in [6, 6.07) is 0.586. The average Bonchev–Trinajstić information content (AvgIpc) is 2.81. The number of aryl methyl sites for hydroxylation is 1. The zero-order valence-electron chi connectivity index (χ0n) is 11.9. The highest BCUT2D eigenvalue weighted by Gasteiger charge is 2.29. The summed E-state index contributed by atoms with van der Waals surface area (Å²) in [5.74, 6) is 3.18. The lowest BCUT2D eigenvalue weighted by Crippen LogP contribution is -2.35. The molecule has 0 radical (unpaired) electrons. The molecule has 1 atom stereocenters. The van der Waals surface area contributed by atoms with Crippen LogP contribution >= 0.6 is 0 Å². The Morgan fingerprint density at radius 2 is 2.11 bits per heavy atom. The highest BCUT2D eigenvalue weighted by atomic mass is 15.2. The first-order chi connectivity index (χ1) is 8.54. The lowest BCUT2D eigenvalue weighted by molar-refractivity contribution is 0.488. The summed E-state index contributed by atoms with van der Waals surface area (Å²) in [7, 11) is 0. The fourth-order valence-corrected chi connectivity index (χ4v) is 2.75. The number of nitrogen functional groups attached to an aromatic ring is 1. The molecule has 0 spiro atoms. The van der Waals surface area contributed by atoms with Crippen LogP contribution in [-0.4, -0.2) is 22.6 Å². The standard InChI is InChI=1S/C14H24N4/c1-5-12-16-13(15)10(4)14(17-12)18-8-6-7-11(18)9(2)3/h9,11H,5-8H2,1-4H3,(H2,15,16,17). The molecule has 1 fully saturated rings. The molecule has 2 heterocycles. The van der Waals surface area contributed by atoms with Gasteiger partial charge in [-0.3, -0.25) is 0 Å². The fourth-order valence-electron chi connectivity index (χ4n) is 2.75. The predicted molar refractivity (Wildman–Crippen MR) is 75.8 cm³/mol. The van der Waals surface area contributed by atoms with Gasteiger partial charge >= 0.3 is 0 Å². The van der Waals surface area contributed by atoms with Crippen molar-refractivity contribution < 1.29 is 0 Å². The van der Waals surface area contributed by atoms with Crippen molar-refractivity contribution in [2.24, 2.45) is 5.92 Å². The van der Waals surface area contributed by atoms with E-state index in [0.29, 0.717) is 17.8 Å². The molecule has 1 aliphatic heterocycles. The van der Waals surface area contributed by atoms with Gasteiger partial charge in [0, 0.05) is 24.6 Å². The van der Waals surface area contributed by atoms with Gasteiger partial charge in [-0.1, -0.05) is 20.8 Å². The van der Waals surface area contributed by atoms with Crippen LogP contribution in [0.4, 0.5) is 11.6 Å². The summed E-state index contributed by atoms with van der Waals surface area (Å²) >= 11 is 0. The molecule has 2 N–H and O–H groups in total. The maximum absolute atomic E-state index is 6.01. The highest BCUT2D eigenvalue weighted by molar-refractivity contribution is 5.57. The Morgan fingerprint density at radius 3 is 2.72 bits per heavy atom. The Kier molecular flexibility index (Phi) is 3.73. The summed E-state index contributed by atoms with van der Waals surface area (Å²) in [4.78, 5) is 11.5. The second kappa shape index (κ2) is 5.12. The van der Waals surface area contributed by atoms with Gasteiger partial charge in [0.05, 0.1) is 0 Å². The molecular weight excluding hydrogens is 224 g/mol. The molecule has 0 aromatic carbocycles. The van der Waals surface area contributed by atoms with Crippen LogP contribution in [0.25, 0.3) is 0 Å². The summed E-state index contributed by atoms with van der Waals surface area (Å²) in [6.45, 7) is 9.74. The first kappa shape index (κ1) is 13.1. The summed E-state index contributed by atoms with van der Waals surface area (Å²) in [5.41, 5.74) is 7.04. The summed E-state index contributed by atoms with van der Waals surface area (Å²) < 4.78 is 0. The van der Waals surface area contributed by atoms with Crippen LogP contribution in [0.5, 0.6) is 0 Å². The van der Waals surface area contributed by atoms with Crippen LogP contribution < -0.4 is 10.6 Å².